The number of nitrogens with zero attached hydrogens (tertiary/aromatic N) is 4. The summed E-state index contributed by atoms with van der Waals surface area (Å²) in [4.78, 5) is 48.7. The van der Waals surface area contributed by atoms with E-state index >= 15 is 0 Å². The topological polar surface area (TPSA) is 124 Å². The van der Waals surface area contributed by atoms with Crippen LogP contribution in [0.15, 0.2) is 42.5 Å². The number of nitrogens with one attached hydrogen (secondary N) is 1. The summed E-state index contributed by atoms with van der Waals surface area (Å²) in [5, 5.41) is 13.4. The molecule has 0 aliphatic carbocycles. The highest BCUT2D eigenvalue weighted by atomic mass is 16.6. The Bertz CT molecular complexity index is 1510. The molecule has 4 amide bonds. The van der Waals surface area contributed by atoms with Gasteiger partial charge >= 0.3 is 12.1 Å². The van der Waals surface area contributed by atoms with E-state index in [2.05, 4.69) is 10.2 Å². The van der Waals surface area contributed by atoms with Crippen LogP contribution in [0.3, 0.4) is 0 Å². The molecule has 12 nitrogen and oxygen atoms in total. The molecule has 49 heavy (non-hydrogen) atoms. The van der Waals surface area contributed by atoms with Crippen molar-refractivity contribution in [2.24, 2.45) is 0 Å². The average molecular weight is 676 g/mol. The van der Waals surface area contributed by atoms with E-state index in [0.717, 1.165) is 62.0 Å². The zero-order valence-corrected chi connectivity index (χ0v) is 28.5. The lowest BCUT2D eigenvalue weighted by Gasteiger charge is -2.43. The molecule has 7 rings (SSSR count). The Labute approximate surface area is 288 Å². The van der Waals surface area contributed by atoms with Gasteiger partial charge in [-0.25, -0.2) is 9.59 Å². The minimum absolute atomic E-state index is 0.0147. The van der Waals surface area contributed by atoms with Gasteiger partial charge in [-0.1, -0.05) is 24.3 Å². The summed E-state index contributed by atoms with van der Waals surface area (Å²) >= 11 is 0. The number of hydrogen-bond acceptors (Lipinski definition) is 8. The van der Waals surface area contributed by atoms with Crippen LogP contribution in [0, 0.1) is 0 Å². The number of urea groups is 1. The van der Waals surface area contributed by atoms with Gasteiger partial charge in [0.1, 0.15) is 13.2 Å². The second-order valence-electron chi connectivity index (χ2n) is 14.4. The van der Waals surface area contributed by atoms with Crippen molar-refractivity contribution in [2.75, 3.05) is 64.3 Å². The minimum Gasteiger partial charge on any atom is -0.486 e. The average Bonchev–Trinajstić information content (AvgIpc) is 3.29. The molecule has 0 saturated carbocycles. The Hall–Kier alpha value is -4.03. The first-order chi connectivity index (χ1) is 23.7. The van der Waals surface area contributed by atoms with Crippen molar-refractivity contribution >= 4 is 23.7 Å². The van der Waals surface area contributed by atoms with Crippen LogP contribution in [0.1, 0.15) is 56.6 Å². The fraction of sp³-hybridized carbons (Fsp3) is 0.595. The number of hydrogen-bond donors (Lipinski definition) is 2. The first-order valence-electron chi connectivity index (χ1n) is 18.0. The van der Waals surface area contributed by atoms with Crippen LogP contribution in [0.5, 0.6) is 11.5 Å². The molecule has 3 fully saturated rings. The van der Waals surface area contributed by atoms with Crippen molar-refractivity contribution in [1.29, 1.82) is 0 Å². The van der Waals surface area contributed by atoms with Gasteiger partial charge < -0.3 is 44.2 Å². The number of ether oxygens (including phenoxy) is 3. The zero-order valence-electron chi connectivity index (χ0n) is 28.5. The highest BCUT2D eigenvalue weighted by Gasteiger charge is 2.37. The summed E-state index contributed by atoms with van der Waals surface area (Å²) in [6.07, 6.45) is 4.01. The van der Waals surface area contributed by atoms with E-state index < -0.39 is 17.8 Å². The molecular weight excluding hydrogens is 626 g/mol. The quantitative estimate of drug-likeness (QED) is 0.473. The van der Waals surface area contributed by atoms with E-state index in [1.165, 1.54) is 0 Å². The van der Waals surface area contributed by atoms with Gasteiger partial charge in [0.2, 0.25) is 0 Å². The SMILES string of the molecule is CC1(O)CCN(C2CCN(C(=O)[C@@H](Cc3ccc4c(c3)OCCO4)OC(=O)N3CCC(N4CCc5ccccc5NC4=O)CC3)CC2)CC1. The Kier molecular flexibility index (Phi) is 9.87. The standard InChI is InChI=1S/C37H49N5O7/c1-37(46)13-20-39(21-14-37)28-9-15-40(16-10-28)34(43)33(25-26-6-7-31-32(24-26)48-23-22-47-31)49-36(45)41-17-11-29(12-18-41)42-19-8-27-4-2-3-5-30(27)38-35(42)44/h2-7,24,28-29,33,46H,8-23,25H2,1H3,(H,38,44)/t33-/m1/s1. The Morgan fingerprint density at radius 3 is 2.33 bits per heavy atom. The molecule has 0 radical (unpaired) electrons. The number of carbonyl (C=O) groups excluding carboxylic acids is 3. The van der Waals surface area contributed by atoms with E-state index in [9.17, 15) is 19.5 Å². The third-order valence-corrected chi connectivity index (χ3v) is 11.0. The van der Waals surface area contributed by atoms with Crippen LogP contribution >= 0.6 is 0 Å². The van der Waals surface area contributed by atoms with Crippen molar-refractivity contribution in [3.63, 3.8) is 0 Å². The van der Waals surface area contributed by atoms with Gasteiger partial charge in [0.15, 0.2) is 17.6 Å². The summed E-state index contributed by atoms with van der Waals surface area (Å²) in [6, 6.07) is 13.8. The maximum absolute atomic E-state index is 14.1. The second kappa shape index (κ2) is 14.4. The lowest BCUT2D eigenvalue weighted by molar-refractivity contribution is -0.142. The molecule has 2 N–H and O–H groups in total. The summed E-state index contributed by atoms with van der Waals surface area (Å²) in [6.45, 7) is 7.29. The Balaban J connectivity index is 0.980. The molecule has 0 bridgehead atoms. The fourth-order valence-electron chi connectivity index (χ4n) is 7.93. The number of piperidine rings is 3. The highest BCUT2D eigenvalue weighted by Crippen LogP contribution is 2.32. The monoisotopic (exact) mass is 675 g/mol. The predicted molar refractivity (Wildman–Crippen MR) is 183 cm³/mol. The first-order valence-corrected chi connectivity index (χ1v) is 18.0. The van der Waals surface area contributed by atoms with E-state index in [-0.39, 0.29) is 24.4 Å². The molecule has 12 heteroatoms. The van der Waals surface area contributed by atoms with Gasteiger partial charge in [-0.3, -0.25) is 4.79 Å². The molecular formula is C37H49N5O7. The third kappa shape index (κ3) is 7.75. The van der Waals surface area contributed by atoms with Gasteiger partial charge in [0.05, 0.1) is 5.60 Å². The molecule has 2 aromatic carbocycles. The number of likely N-dealkylation sites (tertiary alicyclic amines) is 3. The number of amides is 4. The van der Waals surface area contributed by atoms with E-state index in [4.69, 9.17) is 14.2 Å². The molecule has 264 valence electrons. The van der Waals surface area contributed by atoms with Gasteiger partial charge in [0.25, 0.3) is 5.91 Å². The van der Waals surface area contributed by atoms with Crippen LogP contribution in [0.25, 0.3) is 0 Å². The van der Waals surface area contributed by atoms with Crippen LogP contribution < -0.4 is 14.8 Å². The van der Waals surface area contributed by atoms with Crippen molar-refractivity contribution in [2.45, 2.75) is 82.1 Å². The maximum Gasteiger partial charge on any atom is 0.410 e. The molecule has 5 aliphatic heterocycles. The predicted octanol–water partition coefficient (Wildman–Crippen LogP) is 3.90. The summed E-state index contributed by atoms with van der Waals surface area (Å²) < 4.78 is 17.5. The van der Waals surface area contributed by atoms with Gasteiger partial charge in [-0.2, -0.15) is 0 Å². The molecule has 0 unspecified atom stereocenters. The highest BCUT2D eigenvalue weighted by molar-refractivity contribution is 5.91. The number of rotatable bonds is 6. The molecule has 0 aromatic heterocycles. The zero-order chi connectivity index (χ0) is 34.0. The van der Waals surface area contributed by atoms with E-state index in [1.54, 1.807) is 4.90 Å². The number of fused-ring (bicyclic) bond motifs is 2. The normalized spacial score (nSPS) is 22.5. The molecule has 1 atom stereocenters. The summed E-state index contributed by atoms with van der Waals surface area (Å²) in [7, 11) is 0. The second-order valence-corrected chi connectivity index (χ2v) is 14.4. The van der Waals surface area contributed by atoms with Crippen LogP contribution in [-0.4, -0.2) is 126 Å². The van der Waals surface area contributed by atoms with Crippen molar-refractivity contribution in [1.82, 2.24) is 19.6 Å². The van der Waals surface area contributed by atoms with Crippen LogP contribution in [0.2, 0.25) is 0 Å². The summed E-state index contributed by atoms with van der Waals surface area (Å²) in [5.41, 5.74) is 2.21. The Morgan fingerprint density at radius 2 is 1.57 bits per heavy atom. The number of aliphatic hydroxyl groups is 1. The lowest BCUT2D eigenvalue weighted by Crippen LogP contribution is -2.54. The van der Waals surface area contributed by atoms with Gasteiger partial charge in [-0.05, 0) is 81.2 Å². The first kappa shape index (κ1) is 33.5. The van der Waals surface area contributed by atoms with Gasteiger partial charge in [-0.15, -0.1) is 0 Å². The third-order valence-electron chi connectivity index (χ3n) is 11.0. The molecule has 2 aromatic rings. The van der Waals surface area contributed by atoms with Gasteiger partial charge in [0, 0.05) is 70.0 Å². The van der Waals surface area contributed by atoms with Crippen LogP contribution in [-0.2, 0) is 22.4 Å². The Morgan fingerprint density at radius 1 is 0.898 bits per heavy atom. The molecule has 0 spiro atoms. The number of para-hydroxylation sites is 1. The fourth-order valence-corrected chi connectivity index (χ4v) is 7.93. The minimum atomic E-state index is -0.982. The largest absolute Gasteiger partial charge is 0.486 e. The number of benzene rings is 2. The lowest BCUT2D eigenvalue weighted by atomic mass is 9.91. The maximum atomic E-state index is 14.1. The van der Waals surface area contributed by atoms with Crippen molar-refractivity contribution < 1.29 is 33.7 Å². The molecule has 5 aliphatic rings. The van der Waals surface area contributed by atoms with Crippen molar-refractivity contribution in [3.8, 4) is 11.5 Å². The van der Waals surface area contributed by atoms with Crippen molar-refractivity contribution in [3.05, 3.63) is 53.6 Å². The van der Waals surface area contributed by atoms with E-state index in [1.807, 2.05) is 59.2 Å². The van der Waals surface area contributed by atoms with Crippen LogP contribution in [0.4, 0.5) is 15.3 Å². The number of anilines is 1. The molecule has 5 heterocycles. The summed E-state index contributed by atoms with van der Waals surface area (Å²) in [5.74, 6) is 1.12. The molecule has 3 saturated heterocycles. The van der Waals surface area contributed by atoms with E-state index in [0.29, 0.717) is 76.3 Å². The number of carbonyl (C=O) groups is 3. The smallest absolute Gasteiger partial charge is 0.410 e.